The summed E-state index contributed by atoms with van der Waals surface area (Å²) < 4.78 is 11.1. The molecule has 1 aromatic carbocycles. The average molecular weight is 419 g/mol. The lowest BCUT2D eigenvalue weighted by atomic mass is 10.2. The molecule has 0 saturated carbocycles. The molecule has 1 fully saturated rings. The molecule has 2 amide bonds. The van der Waals surface area contributed by atoms with Gasteiger partial charge in [0.1, 0.15) is 24.3 Å². The van der Waals surface area contributed by atoms with Crippen molar-refractivity contribution >= 4 is 29.3 Å². The number of aromatic nitrogens is 2. The highest BCUT2D eigenvalue weighted by atomic mass is 35.5. The van der Waals surface area contributed by atoms with Crippen LogP contribution in [0.5, 0.6) is 5.75 Å². The summed E-state index contributed by atoms with van der Waals surface area (Å²) >= 11 is 5.44. The van der Waals surface area contributed by atoms with E-state index in [0.29, 0.717) is 24.6 Å². The van der Waals surface area contributed by atoms with Gasteiger partial charge in [0.2, 0.25) is 5.91 Å². The monoisotopic (exact) mass is 418 g/mol. The van der Waals surface area contributed by atoms with Gasteiger partial charge in [-0.25, -0.2) is 4.79 Å². The van der Waals surface area contributed by atoms with Crippen molar-refractivity contribution in [2.24, 2.45) is 0 Å². The van der Waals surface area contributed by atoms with Gasteiger partial charge in [0.25, 0.3) is 0 Å². The van der Waals surface area contributed by atoms with Crippen LogP contribution in [0.3, 0.4) is 0 Å². The maximum atomic E-state index is 12.1. The van der Waals surface area contributed by atoms with E-state index in [1.165, 1.54) is 4.90 Å². The Balaban J connectivity index is 1.58. The Labute approximate surface area is 174 Å². The number of cyclic esters (lactones) is 1. The van der Waals surface area contributed by atoms with E-state index in [1.54, 1.807) is 24.3 Å². The van der Waals surface area contributed by atoms with Crippen molar-refractivity contribution in [1.82, 2.24) is 15.3 Å². The van der Waals surface area contributed by atoms with Crippen LogP contribution in [0.25, 0.3) is 0 Å². The number of rotatable bonds is 7. The first-order valence-electron chi connectivity index (χ1n) is 9.21. The Morgan fingerprint density at radius 3 is 2.59 bits per heavy atom. The first-order valence-corrected chi connectivity index (χ1v) is 9.75. The van der Waals surface area contributed by atoms with Crippen LogP contribution in [0.15, 0.2) is 24.3 Å². The lowest BCUT2D eigenvalue weighted by molar-refractivity contribution is -0.119. The van der Waals surface area contributed by atoms with Gasteiger partial charge in [-0.3, -0.25) is 19.7 Å². The molecule has 0 aliphatic carbocycles. The number of aryl methyl sites for hydroxylation is 3. The van der Waals surface area contributed by atoms with Crippen LogP contribution < -0.4 is 15.0 Å². The minimum atomic E-state index is -0.454. The number of carbonyl (C=O) groups excluding carboxylic acids is 2. The first kappa shape index (κ1) is 20.9. The largest absolute Gasteiger partial charge is 0.487 e. The SMILES string of the molecule is Cc1nc(C)c(COc2ccc(N3CC(CNC(=O)CCl)OC3=O)cc2)nc1C. The minimum absolute atomic E-state index is 0.126. The van der Waals surface area contributed by atoms with Crippen LogP contribution in [0, 0.1) is 20.8 Å². The molecule has 0 spiro atoms. The molecule has 1 N–H and O–H groups in total. The molecule has 1 aromatic heterocycles. The van der Waals surface area contributed by atoms with E-state index in [-0.39, 0.29) is 18.3 Å². The second kappa shape index (κ2) is 9.09. The Hall–Kier alpha value is -2.87. The molecule has 1 saturated heterocycles. The zero-order chi connectivity index (χ0) is 21.0. The number of halogens is 1. The van der Waals surface area contributed by atoms with Gasteiger partial charge in [-0.2, -0.15) is 0 Å². The standard InChI is InChI=1S/C20H23ClN4O4/c1-12-13(2)24-18(14(3)23-12)11-28-16-6-4-15(5-7-16)25-10-17(29-20(25)27)9-22-19(26)8-21/h4-7,17H,8-11H2,1-3H3,(H,22,26). The molecule has 0 bridgehead atoms. The number of carbonyl (C=O) groups is 2. The third-order valence-electron chi connectivity index (χ3n) is 4.63. The summed E-state index contributed by atoms with van der Waals surface area (Å²) in [5.41, 5.74) is 4.12. The molecule has 9 heteroatoms. The third kappa shape index (κ3) is 5.14. The van der Waals surface area contributed by atoms with Crippen molar-refractivity contribution in [2.75, 3.05) is 23.9 Å². The maximum absolute atomic E-state index is 12.1. The van der Waals surface area contributed by atoms with Crippen molar-refractivity contribution < 1.29 is 19.1 Å². The van der Waals surface area contributed by atoms with Crippen LogP contribution >= 0.6 is 11.6 Å². The first-order chi connectivity index (χ1) is 13.9. The molecule has 0 radical (unpaired) electrons. The van der Waals surface area contributed by atoms with Crippen LogP contribution in [0.4, 0.5) is 10.5 Å². The molecule has 2 heterocycles. The lowest BCUT2D eigenvalue weighted by Gasteiger charge is -2.14. The molecule has 8 nitrogen and oxygen atoms in total. The van der Waals surface area contributed by atoms with Gasteiger partial charge in [-0.1, -0.05) is 0 Å². The van der Waals surface area contributed by atoms with Gasteiger partial charge >= 0.3 is 6.09 Å². The molecule has 2 aromatic rings. The molecule has 29 heavy (non-hydrogen) atoms. The highest BCUT2D eigenvalue weighted by Crippen LogP contribution is 2.24. The Morgan fingerprint density at radius 2 is 1.90 bits per heavy atom. The summed E-state index contributed by atoms with van der Waals surface area (Å²) in [6.07, 6.45) is -0.873. The number of anilines is 1. The summed E-state index contributed by atoms with van der Waals surface area (Å²) in [6.45, 7) is 6.64. The fourth-order valence-corrected chi connectivity index (χ4v) is 2.98. The van der Waals surface area contributed by atoms with Crippen molar-refractivity contribution in [3.63, 3.8) is 0 Å². The summed E-state index contributed by atoms with van der Waals surface area (Å²) in [5.74, 6) is 0.233. The number of benzene rings is 1. The summed E-state index contributed by atoms with van der Waals surface area (Å²) in [4.78, 5) is 33.9. The predicted octanol–water partition coefficient (Wildman–Crippen LogP) is 2.66. The number of ether oxygens (including phenoxy) is 2. The molecule has 1 atom stereocenters. The van der Waals surface area contributed by atoms with Crippen LogP contribution in [0.1, 0.15) is 22.8 Å². The van der Waals surface area contributed by atoms with Gasteiger partial charge in [0.05, 0.1) is 35.9 Å². The van der Waals surface area contributed by atoms with Crippen LogP contribution in [0.2, 0.25) is 0 Å². The van der Waals surface area contributed by atoms with Crippen molar-refractivity contribution in [3.05, 3.63) is 47.0 Å². The van der Waals surface area contributed by atoms with Crippen molar-refractivity contribution in [2.45, 2.75) is 33.5 Å². The Kier molecular flexibility index (Phi) is 6.53. The quantitative estimate of drug-likeness (QED) is 0.695. The van der Waals surface area contributed by atoms with E-state index >= 15 is 0 Å². The zero-order valence-corrected chi connectivity index (χ0v) is 17.3. The van der Waals surface area contributed by atoms with Gasteiger partial charge in [-0.05, 0) is 45.0 Å². The van der Waals surface area contributed by atoms with E-state index in [1.807, 2.05) is 20.8 Å². The van der Waals surface area contributed by atoms with E-state index in [4.69, 9.17) is 21.1 Å². The number of nitrogens with one attached hydrogen (secondary N) is 1. The Morgan fingerprint density at radius 1 is 1.21 bits per heavy atom. The number of amides is 2. The summed E-state index contributed by atoms with van der Waals surface area (Å²) in [7, 11) is 0. The summed E-state index contributed by atoms with van der Waals surface area (Å²) in [5, 5.41) is 2.61. The fourth-order valence-electron chi connectivity index (χ4n) is 2.89. The number of nitrogens with zero attached hydrogens (tertiary/aromatic N) is 3. The predicted molar refractivity (Wildman–Crippen MR) is 108 cm³/mol. The minimum Gasteiger partial charge on any atom is -0.487 e. The van der Waals surface area contributed by atoms with Gasteiger partial charge in [0, 0.05) is 5.69 Å². The second-order valence-corrected chi connectivity index (χ2v) is 7.03. The summed E-state index contributed by atoms with van der Waals surface area (Å²) in [6, 6.07) is 7.15. The average Bonchev–Trinajstić information content (AvgIpc) is 3.09. The number of alkyl halides is 1. The number of hydrogen-bond acceptors (Lipinski definition) is 6. The van der Waals surface area contributed by atoms with E-state index < -0.39 is 12.2 Å². The van der Waals surface area contributed by atoms with Gasteiger partial charge in [0.15, 0.2) is 0 Å². The van der Waals surface area contributed by atoms with Gasteiger partial charge in [-0.15, -0.1) is 11.6 Å². The molecular formula is C20H23ClN4O4. The molecule has 3 rings (SSSR count). The molecule has 1 unspecified atom stereocenters. The second-order valence-electron chi connectivity index (χ2n) is 6.76. The molecular weight excluding hydrogens is 396 g/mol. The highest BCUT2D eigenvalue weighted by Gasteiger charge is 2.32. The molecule has 1 aliphatic rings. The lowest BCUT2D eigenvalue weighted by Crippen LogP contribution is -2.35. The zero-order valence-electron chi connectivity index (χ0n) is 16.6. The van der Waals surface area contributed by atoms with Crippen molar-refractivity contribution in [3.8, 4) is 5.75 Å². The number of hydrogen-bond donors (Lipinski definition) is 1. The van der Waals surface area contributed by atoms with Crippen LogP contribution in [-0.2, 0) is 16.1 Å². The van der Waals surface area contributed by atoms with E-state index in [0.717, 1.165) is 22.8 Å². The normalized spacial score (nSPS) is 15.9. The third-order valence-corrected chi connectivity index (χ3v) is 4.87. The van der Waals surface area contributed by atoms with Crippen molar-refractivity contribution in [1.29, 1.82) is 0 Å². The van der Waals surface area contributed by atoms with E-state index in [2.05, 4.69) is 15.3 Å². The fraction of sp³-hybridized carbons (Fsp3) is 0.400. The molecule has 154 valence electrons. The highest BCUT2D eigenvalue weighted by molar-refractivity contribution is 6.27. The van der Waals surface area contributed by atoms with Crippen LogP contribution in [-0.4, -0.2) is 47.0 Å². The molecule has 1 aliphatic heterocycles. The smallest absolute Gasteiger partial charge is 0.414 e. The van der Waals surface area contributed by atoms with E-state index in [9.17, 15) is 9.59 Å². The topological polar surface area (TPSA) is 93.6 Å². The Bertz CT molecular complexity index is 904. The maximum Gasteiger partial charge on any atom is 0.414 e. The van der Waals surface area contributed by atoms with Gasteiger partial charge < -0.3 is 14.8 Å².